The zero-order chi connectivity index (χ0) is 14.3. The molecule has 0 spiro atoms. The number of rotatable bonds is 1. The summed E-state index contributed by atoms with van der Waals surface area (Å²) in [5.41, 5.74) is 3.68. The second kappa shape index (κ2) is 5.71. The first-order chi connectivity index (χ1) is 8.75. The van der Waals surface area contributed by atoms with Crippen molar-refractivity contribution in [1.29, 1.82) is 0 Å². The van der Waals surface area contributed by atoms with Crippen LogP contribution >= 0.6 is 12.4 Å². The maximum absolute atomic E-state index is 12.7. The molecule has 1 saturated carbocycles. The molecular weight excluding hydrogens is 295 g/mol. The SMILES string of the molecule is Cl.NC1(c2cccc(C(F)(F)F)c2)CCCC(O)C1=O. The van der Waals surface area contributed by atoms with Crippen molar-refractivity contribution in [2.24, 2.45) is 5.73 Å². The van der Waals surface area contributed by atoms with E-state index in [4.69, 9.17) is 5.73 Å². The Kier molecular flexibility index (Phi) is 4.84. The Balaban J connectivity index is 0.00000200. The van der Waals surface area contributed by atoms with Crippen LogP contribution in [0.5, 0.6) is 0 Å². The number of benzene rings is 1. The summed E-state index contributed by atoms with van der Waals surface area (Å²) in [6.45, 7) is 0. The lowest BCUT2D eigenvalue weighted by molar-refractivity contribution is -0.139. The topological polar surface area (TPSA) is 63.3 Å². The summed E-state index contributed by atoms with van der Waals surface area (Å²) in [7, 11) is 0. The zero-order valence-electron chi connectivity index (χ0n) is 10.5. The fourth-order valence-corrected chi connectivity index (χ4v) is 2.39. The fraction of sp³-hybridized carbons (Fsp3) is 0.462. The minimum Gasteiger partial charge on any atom is -0.385 e. The molecule has 0 aromatic heterocycles. The number of halogens is 4. The highest BCUT2D eigenvalue weighted by atomic mass is 35.5. The normalized spacial score (nSPS) is 27.1. The Morgan fingerprint density at radius 2 is 2.00 bits per heavy atom. The summed E-state index contributed by atoms with van der Waals surface area (Å²) in [4.78, 5) is 12.0. The lowest BCUT2D eigenvalue weighted by Crippen LogP contribution is -2.52. The van der Waals surface area contributed by atoms with Crippen molar-refractivity contribution >= 4 is 18.2 Å². The zero-order valence-corrected chi connectivity index (χ0v) is 11.3. The highest BCUT2D eigenvalue weighted by molar-refractivity contribution is 5.93. The molecule has 2 atom stereocenters. The molecule has 2 rings (SSSR count). The van der Waals surface area contributed by atoms with E-state index >= 15 is 0 Å². The first-order valence-corrected chi connectivity index (χ1v) is 5.94. The minimum absolute atomic E-state index is 0. The van der Waals surface area contributed by atoms with Gasteiger partial charge in [-0.25, -0.2) is 0 Å². The smallest absolute Gasteiger partial charge is 0.385 e. The third kappa shape index (κ3) is 2.97. The van der Waals surface area contributed by atoms with Gasteiger partial charge in [0, 0.05) is 0 Å². The van der Waals surface area contributed by atoms with E-state index in [1.165, 1.54) is 12.1 Å². The summed E-state index contributed by atoms with van der Waals surface area (Å²) in [5, 5.41) is 9.55. The number of hydrogen-bond acceptors (Lipinski definition) is 3. The number of Topliss-reactive ketones (excluding diaryl/α,β-unsaturated/α-hetero) is 1. The molecule has 0 aliphatic heterocycles. The number of nitrogens with two attached hydrogens (primary N) is 1. The molecular formula is C13H15ClF3NO2. The molecule has 0 radical (unpaired) electrons. The van der Waals surface area contributed by atoms with Crippen molar-refractivity contribution in [2.45, 2.75) is 37.1 Å². The van der Waals surface area contributed by atoms with Gasteiger partial charge in [0.15, 0.2) is 5.78 Å². The van der Waals surface area contributed by atoms with Crippen LogP contribution < -0.4 is 5.73 Å². The Morgan fingerprint density at radius 3 is 2.60 bits per heavy atom. The molecule has 3 N–H and O–H groups in total. The van der Waals surface area contributed by atoms with Gasteiger partial charge in [0.1, 0.15) is 11.6 Å². The van der Waals surface area contributed by atoms with Gasteiger partial charge in [-0.3, -0.25) is 4.79 Å². The molecule has 112 valence electrons. The van der Waals surface area contributed by atoms with Gasteiger partial charge < -0.3 is 10.8 Å². The highest BCUT2D eigenvalue weighted by Crippen LogP contribution is 2.36. The number of carbonyl (C=O) groups is 1. The van der Waals surface area contributed by atoms with Gasteiger partial charge in [0.25, 0.3) is 0 Å². The number of alkyl halides is 3. The van der Waals surface area contributed by atoms with Crippen LogP contribution in [0.25, 0.3) is 0 Å². The van der Waals surface area contributed by atoms with E-state index in [2.05, 4.69) is 0 Å². The van der Waals surface area contributed by atoms with Crippen LogP contribution in [0.3, 0.4) is 0 Å². The monoisotopic (exact) mass is 309 g/mol. The molecule has 3 nitrogen and oxygen atoms in total. The first kappa shape index (κ1) is 16.9. The second-order valence-corrected chi connectivity index (χ2v) is 4.82. The molecule has 0 saturated heterocycles. The summed E-state index contributed by atoms with van der Waals surface area (Å²) < 4.78 is 38.0. The van der Waals surface area contributed by atoms with Gasteiger partial charge in [-0.2, -0.15) is 13.2 Å². The average Bonchev–Trinajstić information content (AvgIpc) is 2.35. The van der Waals surface area contributed by atoms with Gasteiger partial charge in [-0.15, -0.1) is 12.4 Å². The van der Waals surface area contributed by atoms with Crippen molar-refractivity contribution in [2.75, 3.05) is 0 Å². The fourth-order valence-electron chi connectivity index (χ4n) is 2.39. The van der Waals surface area contributed by atoms with Crippen LogP contribution in [0.2, 0.25) is 0 Å². The summed E-state index contributed by atoms with van der Waals surface area (Å²) in [6.07, 6.45) is -4.64. The molecule has 0 bridgehead atoms. The third-order valence-electron chi connectivity index (χ3n) is 3.50. The molecule has 0 heterocycles. The van der Waals surface area contributed by atoms with Crippen LogP contribution in [0.1, 0.15) is 30.4 Å². The van der Waals surface area contributed by atoms with Crippen molar-refractivity contribution in [3.05, 3.63) is 35.4 Å². The standard InChI is InChI=1S/C13H14F3NO2.ClH/c14-13(15,16)9-4-1-3-8(7-9)12(17)6-2-5-10(18)11(12)19;/h1,3-4,7,10,18H,2,5-6,17H2;1H. The van der Waals surface area contributed by atoms with Crippen molar-refractivity contribution in [3.8, 4) is 0 Å². The number of aliphatic hydroxyl groups is 1. The van der Waals surface area contributed by atoms with Gasteiger partial charge in [0.2, 0.25) is 0 Å². The van der Waals surface area contributed by atoms with Crippen LogP contribution in [0.15, 0.2) is 24.3 Å². The molecule has 0 amide bonds. The predicted octanol–water partition coefficient (Wildman–Crippen LogP) is 2.40. The molecule has 1 fully saturated rings. The van der Waals surface area contributed by atoms with E-state index in [-0.39, 0.29) is 24.4 Å². The van der Waals surface area contributed by atoms with E-state index in [1.807, 2.05) is 0 Å². The Hall–Kier alpha value is -1.11. The Morgan fingerprint density at radius 1 is 1.35 bits per heavy atom. The Labute approximate surface area is 120 Å². The summed E-state index contributed by atoms with van der Waals surface area (Å²) in [5.74, 6) is -0.613. The predicted molar refractivity (Wildman–Crippen MR) is 69.4 cm³/mol. The third-order valence-corrected chi connectivity index (χ3v) is 3.50. The van der Waals surface area contributed by atoms with Crippen LogP contribution in [0, 0.1) is 0 Å². The van der Waals surface area contributed by atoms with Crippen molar-refractivity contribution < 1.29 is 23.1 Å². The van der Waals surface area contributed by atoms with E-state index in [1.54, 1.807) is 0 Å². The maximum atomic E-state index is 12.7. The highest BCUT2D eigenvalue weighted by Gasteiger charge is 2.43. The average molecular weight is 310 g/mol. The van der Waals surface area contributed by atoms with E-state index in [0.29, 0.717) is 12.8 Å². The number of ketones is 1. The van der Waals surface area contributed by atoms with E-state index in [0.717, 1.165) is 12.1 Å². The quantitative estimate of drug-likeness (QED) is 0.837. The summed E-state index contributed by atoms with van der Waals surface area (Å²) >= 11 is 0. The van der Waals surface area contributed by atoms with E-state index in [9.17, 15) is 23.1 Å². The summed E-state index contributed by atoms with van der Waals surface area (Å²) in [6, 6.07) is 4.43. The molecule has 20 heavy (non-hydrogen) atoms. The van der Waals surface area contributed by atoms with Gasteiger partial charge in [-0.05, 0) is 37.0 Å². The van der Waals surface area contributed by atoms with Crippen molar-refractivity contribution in [3.63, 3.8) is 0 Å². The molecule has 1 aromatic carbocycles. The molecule has 1 aromatic rings. The number of carbonyl (C=O) groups excluding carboxylic acids is 1. The van der Waals surface area contributed by atoms with E-state index < -0.39 is 29.2 Å². The van der Waals surface area contributed by atoms with Crippen molar-refractivity contribution in [1.82, 2.24) is 0 Å². The lowest BCUT2D eigenvalue weighted by atomic mass is 9.75. The first-order valence-electron chi connectivity index (χ1n) is 5.94. The molecule has 1 aliphatic carbocycles. The van der Waals surface area contributed by atoms with Gasteiger partial charge in [-0.1, -0.05) is 12.1 Å². The number of hydrogen-bond donors (Lipinski definition) is 2. The Bertz CT molecular complexity index is 507. The number of aliphatic hydroxyl groups excluding tert-OH is 1. The van der Waals surface area contributed by atoms with Crippen LogP contribution in [-0.2, 0) is 16.5 Å². The van der Waals surface area contributed by atoms with Crippen LogP contribution in [-0.4, -0.2) is 17.0 Å². The molecule has 1 aliphatic rings. The van der Waals surface area contributed by atoms with Gasteiger partial charge in [0.05, 0.1) is 5.56 Å². The molecule has 7 heteroatoms. The molecule has 2 unspecified atom stereocenters. The lowest BCUT2D eigenvalue weighted by Gasteiger charge is -2.35. The minimum atomic E-state index is -4.48. The second-order valence-electron chi connectivity index (χ2n) is 4.82. The van der Waals surface area contributed by atoms with Gasteiger partial charge >= 0.3 is 6.18 Å². The maximum Gasteiger partial charge on any atom is 0.416 e. The largest absolute Gasteiger partial charge is 0.416 e. The van der Waals surface area contributed by atoms with Crippen LogP contribution in [0.4, 0.5) is 13.2 Å².